The molecule has 2 atom stereocenters. The Labute approximate surface area is 110 Å². The van der Waals surface area contributed by atoms with Gasteiger partial charge in [0.2, 0.25) is 0 Å². The Hall–Kier alpha value is -0.900. The number of aryl methyl sites for hydroxylation is 2. The molecule has 0 spiro atoms. The summed E-state index contributed by atoms with van der Waals surface area (Å²) >= 11 is 0. The zero-order valence-corrected chi connectivity index (χ0v) is 12.2. The van der Waals surface area contributed by atoms with Crippen LogP contribution in [0.4, 0.5) is 0 Å². The van der Waals surface area contributed by atoms with Gasteiger partial charge in [-0.25, -0.2) is 0 Å². The normalized spacial score (nSPS) is 14.6. The van der Waals surface area contributed by atoms with E-state index in [1.807, 2.05) is 7.05 Å². The standard InChI is InChI=1S/C15H26N2O/c1-9-8-10(2)12(4)14(11(9)3)15(18)13(16)6-7-17-5/h8,13,15,17-18H,6-7,16H2,1-5H3. The van der Waals surface area contributed by atoms with Crippen LogP contribution in [0, 0.1) is 27.7 Å². The second kappa shape index (κ2) is 6.32. The molecule has 0 amide bonds. The number of nitrogens with one attached hydrogen (secondary N) is 1. The number of aliphatic hydroxyl groups excluding tert-OH is 1. The highest BCUT2D eigenvalue weighted by Gasteiger charge is 2.21. The molecular formula is C15H26N2O. The fourth-order valence-electron chi connectivity index (χ4n) is 2.37. The molecule has 0 saturated heterocycles. The summed E-state index contributed by atoms with van der Waals surface area (Å²) in [7, 11) is 1.90. The smallest absolute Gasteiger partial charge is 0.0946 e. The molecule has 0 heterocycles. The van der Waals surface area contributed by atoms with Gasteiger partial charge in [0, 0.05) is 6.04 Å². The largest absolute Gasteiger partial charge is 0.387 e. The molecular weight excluding hydrogens is 224 g/mol. The number of aliphatic hydroxyl groups is 1. The van der Waals surface area contributed by atoms with Crippen LogP contribution >= 0.6 is 0 Å². The van der Waals surface area contributed by atoms with Crippen LogP contribution in [0.25, 0.3) is 0 Å². The Balaban J connectivity index is 3.08. The van der Waals surface area contributed by atoms with E-state index in [9.17, 15) is 5.11 Å². The molecule has 102 valence electrons. The van der Waals surface area contributed by atoms with Gasteiger partial charge in [0.15, 0.2) is 0 Å². The highest BCUT2D eigenvalue weighted by molar-refractivity contribution is 5.45. The van der Waals surface area contributed by atoms with Crippen LogP contribution in [0.3, 0.4) is 0 Å². The maximum absolute atomic E-state index is 10.5. The minimum absolute atomic E-state index is 0.226. The van der Waals surface area contributed by atoms with Gasteiger partial charge in [-0.1, -0.05) is 6.07 Å². The van der Waals surface area contributed by atoms with E-state index < -0.39 is 6.10 Å². The van der Waals surface area contributed by atoms with Gasteiger partial charge in [-0.2, -0.15) is 0 Å². The molecule has 0 aliphatic rings. The van der Waals surface area contributed by atoms with Crippen molar-refractivity contribution in [2.75, 3.05) is 13.6 Å². The molecule has 18 heavy (non-hydrogen) atoms. The highest BCUT2D eigenvalue weighted by atomic mass is 16.3. The molecule has 3 nitrogen and oxygen atoms in total. The van der Waals surface area contributed by atoms with Crippen molar-refractivity contribution in [3.63, 3.8) is 0 Å². The molecule has 1 rings (SSSR count). The lowest BCUT2D eigenvalue weighted by Gasteiger charge is -2.24. The van der Waals surface area contributed by atoms with Crippen LogP contribution < -0.4 is 11.1 Å². The average Bonchev–Trinajstić information content (AvgIpc) is 2.33. The Morgan fingerprint density at radius 1 is 1.17 bits per heavy atom. The topological polar surface area (TPSA) is 58.3 Å². The van der Waals surface area contributed by atoms with E-state index in [0.29, 0.717) is 0 Å². The highest BCUT2D eigenvalue weighted by Crippen LogP contribution is 2.29. The van der Waals surface area contributed by atoms with Crippen molar-refractivity contribution in [3.05, 3.63) is 33.9 Å². The molecule has 1 aromatic carbocycles. The van der Waals surface area contributed by atoms with E-state index in [0.717, 1.165) is 29.7 Å². The van der Waals surface area contributed by atoms with Crippen LogP contribution in [-0.2, 0) is 0 Å². The summed E-state index contributed by atoms with van der Waals surface area (Å²) < 4.78 is 0. The molecule has 0 aromatic heterocycles. The van der Waals surface area contributed by atoms with E-state index in [1.54, 1.807) is 0 Å². The summed E-state index contributed by atoms with van der Waals surface area (Å²) in [5, 5.41) is 13.5. The van der Waals surface area contributed by atoms with Crippen molar-refractivity contribution in [2.45, 2.75) is 46.3 Å². The molecule has 4 N–H and O–H groups in total. The van der Waals surface area contributed by atoms with Crippen LogP contribution in [-0.4, -0.2) is 24.7 Å². The summed E-state index contributed by atoms with van der Waals surface area (Å²) in [6, 6.07) is 1.94. The fourth-order valence-corrected chi connectivity index (χ4v) is 2.37. The third-order valence-corrected chi connectivity index (χ3v) is 3.85. The van der Waals surface area contributed by atoms with Gasteiger partial charge in [0.1, 0.15) is 0 Å². The number of hydrogen-bond acceptors (Lipinski definition) is 3. The lowest BCUT2D eigenvalue weighted by Crippen LogP contribution is -2.32. The van der Waals surface area contributed by atoms with Crippen molar-refractivity contribution in [3.8, 4) is 0 Å². The van der Waals surface area contributed by atoms with Crippen molar-refractivity contribution in [2.24, 2.45) is 5.73 Å². The van der Waals surface area contributed by atoms with Gasteiger partial charge >= 0.3 is 0 Å². The van der Waals surface area contributed by atoms with Crippen LogP contribution in [0.1, 0.15) is 40.3 Å². The lowest BCUT2D eigenvalue weighted by atomic mass is 9.88. The van der Waals surface area contributed by atoms with Crippen molar-refractivity contribution in [1.82, 2.24) is 5.32 Å². The third-order valence-electron chi connectivity index (χ3n) is 3.85. The summed E-state index contributed by atoms with van der Waals surface area (Å²) in [5.41, 5.74) is 11.8. The molecule has 0 fully saturated rings. The van der Waals surface area contributed by atoms with Gasteiger partial charge in [-0.3, -0.25) is 0 Å². The second-order valence-electron chi connectivity index (χ2n) is 5.17. The van der Waals surface area contributed by atoms with Crippen molar-refractivity contribution in [1.29, 1.82) is 0 Å². The first-order valence-corrected chi connectivity index (χ1v) is 6.55. The molecule has 0 saturated carbocycles. The SMILES string of the molecule is CNCCC(N)C(O)c1c(C)c(C)cc(C)c1C. The first-order valence-electron chi connectivity index (χ1n) is 6.55. The van der Waals surface area contributed by atoms with E-state index in [-0.39, 0.29) is 6.04 Å². The first-order chi connectivity index (χ1) is 8.40. The molecule has 0 aliphatic heterocycles. The zero-order chi connectivity index (χ0) is 13.9. The van der Waals surface area contributed by atoms with Gasteiger partial charge in [0.25, 0.3) is 0 Å². The Bertz CT molecular complexity index is 389. The first kappa shape index (κ1) is 15.2. The number of benzene rings is 1. The number of rotatable bonds is 5. The number of nitrogens with two attached hydrogens (primary N) is 1. The maximum atomic E-state index is 10.5. The summed E-state index contributed by atoms with van der Waals surface area (Å²) in [6.45, 7) is 9.10. The Morgan fingerprint density at radius 2 is 1.67 bits per heavy atom. The number of hydrogen-bond donors (Lipinski definition) is 3. The quantitative estimate of drug-likeness (QED) is 0.748. The average molecular weight is 250 g/mol. The minimum atomic E-state index is -0.586. The van der Waals surface area contributed by atoms with E-state index >= 15 is 0 Å². The predicted octanol–water partition coefficient (Wildman–Crippen LogP) is 1.89. The van der Waals surface area contributed by atoms with Crippen molar-refractivity contribution >= 4 is 0 Å². The molecule has 0 radical (unpaired) electrons. The zero-order valence-electron chi connectivity index (χ0n) is 12.2. The van der Waals surface area contributed by atoms with Crippen LogP contribution in [0.15, 0.2) is 6.07 Å². The van der Waals surface area contributed by atoms with Crippen LogP contribution in [0.2, 0.25) is 0 Å². The Kier molecular flexibility index (Phi) is 5.32. The minimum Gasteiger partial charge on any atom is -0.387 e. The molecule has 2 unspecified atom stereocenters. The molecule has 3 heteroatoms. The van der Waals surface area contributed by atoms with Crippen molar-refractivity contribution < 1.29 is 5.11 Å². The van der Waals surface area contributed by atoms with Crippen LogP contribution in [0.5, 0.6) is 0 Å². The predicted molar refractivity (Wildman–Crippen MR) is 76.9 cm³/mol. The fraction of sp³-hybridized carbons (Fsp3) is 0.600. The molecule has 1 aromatic rings. The van der Waals surface area contributed by atoms with E-state index in [4.69, 9.17) is 5.73 Å². The Morgan fingerprint density at radius 3 is 2.11 bits per heavy atom. The van der Waals surface area contributed by atoms with Gasteiger partial charge < -0.3 is 16.2 Å². The van der Waals surface area contributed by atoms with Gasteiger partial charge in [-0.15, -0.1) is 0 Å². The molecule has 0 aliphatic carbocycles. The van der Waals surface area contributed by atoms with E-state index in [1.165, 1.54) is 11.1 Å². The summed E-state index contributed by atoms with van der Waals surface area (Å²) in [4.78, 5) is 0. The van der Waals surface area contributed by atoms with Gasteiger partial charge in [-0.05, 0) is 75.5 Å². The third kappa shape index (κ3) is 3.10. The summed E-state index contributed by atoms with van der Waals surface area (Å²) in [6.07, 6.45) is 0.181. The summed E-state index contributed by atoms with van der Waals surface area (Å²) in [5.74, 6) is 0. The molecule has 0 bridgehead atoms. The monoisotopic (exact) mass is 250 g/mol. The van der Waals surface area contributed by atoms with E-state index in [2.05, 4.69) is 39.1 Å². The maximum Gasteiger partial charge on any atom is 0.0946 e. The van der Waals surface area contributed by atoms with Gasteiger partial charge in [0.05, 0.1) is 6.10 Å². The lowest BCUT2D eigenvalue weighted by molar-refractivity contribution is 0.141. The second-order valence-corrected chi connectivity index (χ2v) is 5.17.